The molecule has 34 nitrogen and oxygen atoms in total. The van der Waals surface area contributed by atoms with Gasteiger partial charge in [-0.05, 0) is 134 Å². The van der Waals surface area contributed by atoms with E-state index in [1.807, 2.05) is 18.2 Å². The molecule has 664 valence electrons. The summed E-state index contributed by atoms with van der Waals surface area (Å²) in [5, 5.41) is 22.6. The van der Waals surface area contributed by atoms with Gasteiger partial charge in [-0.15, -0.1) is 17.8 Å². The van der Waals surface area contributed by atoms with E-state index in [4.69, 9.17) is 66.6 Å². The molecule has 0 spiro atoms. The number of fused-ring (bicyclic) bond motifs is 1. The molecule has 4 heterocycles. The fourth-order valence-electron chi connectivity index (χ4n) is 13.4. The molecule has 0 aliphatic carbocycles. The maximum Gasteiger partial charge on any atom is 0.415 e. The number of piperazine rings is 1. The number of nitrogens with two attached hydrogens (primary N) is 1. The lowest BCUT2D eigenvalue weighted by atomic mass is 9.87. The molecule has 8 N–H and O–H groups in total. The number of carbonyl (C=O) groups is 8. The van der Waals surface area contributed by atoms with Crippen molar-refractivity contribution in [2.24, 2.45) is 11.7 Å². The molecule has 3 aromatic heterocycles. The number of likely N-dealkylation sites (N-methyl/N-ethyl adjacent to an activating group) is 3. The van der Waals surface area contributed by atoms with Crippen LogP contribution >= 0.6 is 22.9 Å². The number of quaternary nitrogens is 1. The molecule has 0 saturated carbocycles. The maximum atomic E-state index is 16.3. The van der Waals surface area contributed by atoms with Crippen LogP contribution < -0.4 is 50.7 Å². The van der Waals surface area contributed by atoms with Crippen molar-refractivity contribution in [1.29, 1.82) is 0 Å². The van der Waals surface area contributed by atoms with Crippen molar-refractivity contribution in [1.82, 2.24) is 55.5 Å². The molecule has 38 heteroatoms. The van der Waals surface area contributed by atoms with Crippen LogP contribution in [0.2, 0.25) is 5.02 Å². The second-order valence-corrected chi connectivity index (χ2v) is 34.2. The number of rotatable bonds is 41. The Morgan fingerprint density at radius 2 is 1.54 bits per heavy atom. The molecule has 124 heavy (non-hydrogen) atoms. The Morgan fingerprint density at radius 1 is 0.831 bits per heavy atom. The number of amides is 7. The van der Waals surface area contributed by atoms with E-state index in [0.717, 1.165) is 35.4 Å². The van der Waals surface area contributed by atoms with E-state index in [0.29, 0.717) is 126 Å². The zero-order valence-corrected chi connectivity index (χ0v) is 73.3. The summed E-state index contributed by atoms with van der Waals surface area (Å²) in [6.07, 6.45) is 4.09. The summed E-state index contributed by atoms with van der Waals surface area (Å²) in [5.74, 6) is -0.368. The molecule has 5 aromatic carbocycles. The first-order valence-corrected chi connectivity index (χ1v) is 42.6. The topological polar surface area (TPSA) is 424 Å². The molecular formula is C86H105ClFN14O20S2+. The van der Waals surface area contributed by atoms with Crippen LogP contribution in [-0.2, 0) is 64.9 Å². The molecule has 1 aliphatic heterocycles. The Kier molecular flexibility index (Phi) is 33.8. The number of halogens is 2. The van der Waals surface area contributed by atoms with Gasteiger partial charge in [0.15, 0.2) is 24.0 Å². The second kappa shape index (κ2) is 43.8. The van der Waals surface area contributed by atoms with E-state index < -0.39 is 93.2 Å². The first-order chi connectivity index (χ1) is 58.9. The van der Waals surface area contributed by atoms with Crippen molar-refractivity contribution < 1.29 is 103 Å². The number of aromatic nitrogens is 4. The molecule has 0 unspecified atom stereocenters. The van der Waals surface area contributed by atoms with Gasteiger partial charge in [0.05, 0.1) is 67.3 Å². The van der Waals surface area contributed by atoms with Gasteiger partial charge >= 0.3 is 36.4 Å². The van der Waals surface area contributed by atoms with Gasteiger partial charge in [0.25, 0.3) is 10.1 Å². The van der Waals surface area contributed by atoms with Crippen LogP contribution in [0.1, 0.15) is 81.8 Å². The predicted octanol–water partition coefficient (Wildman–Crippen LogP) is 11.0. The van der Waals surface area contributed by atoms with E-state index in [2.05, 4.69) is 54.1 Å². The lowest BCUT2D eigenvalue weighted by molar-refractivity contribution is -0.913. The number of anilines is 1. The highest BCUT2D eigenvalue weighted by Gasteiger charge is 2.39. The highest BCUT2D eigenvalue weighted by atomic mass is 35.5. The SMILES string of the molecule is C#CCOC(=O)N(C)Cc1cc(NC(=O)[C@H](CCCNC(N)=O)NC[C@](C=O)(NC(=O)OC(C)(C)C)C(C)C)ccc1COC(=O)N(C)CCN(C)C(=O)Oc1cc(-c2sc3ncnc(O[C@H](Cc4ccccc4OCc4ccnc(-c5ccccc5OC)n4)C(=O)O)c3c2-c2ccc(OCCN3CC[N+](C)(CCCS(=O)(=O)O)CC3)c(Cl)c2C)ccc1F. The molecular weight excluding hydrogens is 1670 g/mol. The van der Waals surface area contributed by atoms with Crippen LogP contribution in [0, 0.1) is 31.0 Å². The molecule has 0 bridgehead atoms. The van der Waals surface area contributed by atoms with Crippen molar-refractivity contribution in [3.8, 4) is 74.2 Å². The minimum Gasteiger partial charge on any atom is -0.496 e. The molecule has 8 aromatic rings. The van der Waals surface area contributed by atoms with E-state index in [1.165, 1.54) is 55.5 Å². The third-order valence-corrected chi connectivity index (χ3v) is 23.0. The van der Waals surface area contributed by atoms with Gasteiger partial charge in [-0.1, -0.05) is 79.9 Å². The number of nitrogens with zero attached hydrogens (tertiary/aromatic N) is 9. The first-order valence-electron chi connectivity index (χ1n) is 39.8. The lowest BCUT2D eigenvalue weighted by Gasteiger charge is -2.42. The van der Waals surface area contributed by atoms with Crippen molar-refractivity contribution >= 4 is 97.5 Å². The maximum absolute atomic E-state index is 16.3. The van der Waals surface area contributed by atoms with Gasteiger partial charge in [-0.25, -0.2) is 53.1 Å². The fourth-order valence-corrected chi connectivity index (χ4v) is 15.2. The normalized spacial score (nSPS) is 13.7. The van der Waals surface area contributed by atoms with Gasteiger partial charge in [-0.2, -0.15) is 8.42 Å². The summed E-state index contributed by atoms with van der Waals surface area (Å²) in [6.45, 7) is 13.2. The van der Waals surface area contributed by atoms with Gasteiger partial charge in [0, 0.05) is 109 Å². The number of terminal acetylenes is 1. The number of para-hydroxylation sites is 2. The Bertz CT molecular complexity index is 5300. The number of urea groups is 1. The summed E-state index contributed by atoms with van der Waals surface area (Å²) in [6, 6.07) is 26.1. The van der Waals surface area contributed by atoms with E-state index >= 15 is 4.39 Å². The number of methoxy groups -OCH3 is 1. The minimum absolute atomic E-state index is 0.0184. The smallest absolute Gasteiger partial charge is 0.415 e. The standard InChI is InChI=1S/C86H104ClFN14O20S2/c1-13-42-117-83(110)100(10)48-59-45-60(96-76(104)65(22-18-32-91-80(89)107)92-51-86(52-103,54(2)3)97-81(108)122-85(5,6)7)27-25-58(59)49-119-82(109)98(8)34-35-99(9)84(111)121-69-47-57(26-29-64(69)88)74-71(62-28-30-68(73(87)55(62)4)116-43-38-101-36-40-102(11,41-37-101)39-19-44-124(112,113)114)72-77(93-53-94-78(72)123-74)120-70(79(105)106)46-56-20-14-16-23-66(56)118-50-61-31-33-90-75(95-61)63-21-15-17-24-67(63)115-12/h1,14-17,20-21,23-31,33,45,47,52-54,65,70,92H,18-19,22,32,34-44,46,48-51H2,2-12H3,(H6-,89,91,96,97,104,105,106,107,108,112,113,114)/p+1/t65-,70+,86+/m0/s1. The quantitative estimate of drug-likeness (QED) is 0.00467. The van der Waals surface area contributed by atoms with Crippen molar-refractivity contribution in [2.75, 3.05) is 125 Å². The number of hydrogen-bond donors (Lipinski definition) is 7. The number of aldehydes is 1. The van der Waals surface area contributed by atoms with Crippen molar-refractivity contribution in [3.63, 3.8) is 0 Å². The van der Waals surface area contributed by atoms with Gasteiger partial charge < -0.3 is 94.0 Å². The Balaban J connectivity index is 0.927. The van der Waals surface area contributed by atoms with Gasteiger partial charge in [0.1, 0.15) is 65.7 Å². The van der Waals surface area contributed by atoms with Crippen LogP contribution in [0.25, 0.3) is 43.2 Å². The number of thiophene rings is 1. The minimum atomic E-state index is -4.07. The van der Waals surface area contributed by atoms with E-state index in [-0.39, 0.29) is 106 Å². The van der Waals surface area contributed by atoms with Crippen LogP contribution in [0.4, 0.5) is 34.1 Å². The van der Waals surface area contributed by atoms with Gasteiger partial charge in [-0.3, -0.25) is 14.2 Å². The molecule has 1 fully saturated rings. The summed E-state index contributed by atoms with van der Waals surface area (Å²) < 4.78 is 96.0. The number of nitrogens with one attached hydrogen (secondary N) is 4. The Labute approximate surface area is 727 Å². The average molecular weight is 1770 g/mol. The first kappa shape index (κ1) is 95.8. The Morgan fingerprint density at radius 3 is 2.23 bits per heavy atom. The molecule has 3 atom stereocenters. The zero-order chi connectivity index (χ0) is 90.2. The van der Waals surface area contributed by atoms with Crippen LogP contribution in [0.15, 0.2) is 116 Å². The van der Waals surface area contributed by atoms with Crippen molar-refractivity contribution in [2.45, 2.75) is 110 Å². The third kappa shape index (κ3) is 27.0. The van der Waals surface area contributed by atoms with E-state index in [9.17, 15) is 56.4 Å². The molecule has 7 amide bonds. The second-order valence-electron chi connectivity index (χ2n) is 31.3. The number of carboxylic acid groups (broad SMARTS) is 1. The van der Waals surface area contributed by atoms with Crippen molar-refractivity contribution in [3.05, 3.63) is 154 Å². The molecule has 9 rings (SSSR count). The highest BCUT2D eigenvalue weighted by Crippen LogP contribution is 2.50. The van der Waals surface area contributed by atoms with Crippen LogP contribution in [0.3, 0.4) is 0 Å². The van der Waals surface area contributed by atoms with Crippen LogP contribution in [0.5, 0.6) is 28.9 Å². The summed E-state index contributed by atoms with van der Waals surface area (Å²) in [7, 11) is 3.76. The predicted molar refractivity (Wildman–Crippen MR) is 462 cm³/mol. The van der Waals surface area contributed by atoms with Gasteiger partial charge in [0.2, 0.25) is 17.9 Å². The number of ether oxygens (including phenoxy) is 8. The average Bonchev–Trinajstić information content (AvgIpc) is 1.58. The number of hydrogen-bond acceptors (Lipinski definition) is 25. The number of carbonyl (C=O) groups excluding carboxylic acids is 7. The number of benzene rings is 5. The largest absolute Gasteiger partial charge is 0.496 e. The zero-order valence-electron chi connectivity index (χ0n) is 70.9. The lowest BCUT2D eigenvalue weighted by Crippen LogP contribution is -2.62. The summed E-state index contributed by atoms with van der Waals surface area (Å²) >= 11 is 8.42. The Hall–Kier alpha value is -12.1. The number of aliphatic carboxylic acids is 1. The third-order valence-electron chi connectivity index (χ3n) is 20.6. The number of alkyl carbamates (subject to hydrolysis) is 1. The summed E-state index contributed by atoms with van der Waals surface area (Å²) in [4.78, 5) is 131. The molecule has 0 radical (unpaired) electrons. The number of primary amides is 1. The highest BCUT2D eigenvalue weighted by molar-refractivity contribution is 7.85. The number of carboxylic acids is 1. The monoisotopic (exact) mass is 1770 g/mol. The van der Waals surface area contributed by atoms with E-state index in [1.54, 1.807) is 116 Å². The fraction of sp³-hybridized carbons (Fsp3) is 0.419. The molecule has 1 saturated heterocycles. The summed E-state index contributed by atoms with van der Waals surface area (Å²) in [5.41, 5.74) is 7.22. The molecule has 1 aliphatic rings. The van der Waals surface area contributed by atoms with Crippen LogP contribution in [-0.4, -0.2) is 254 Å².